The van der Waals surface area contributed by atoms with Crippen LogP contribution in [0, 0.1) is 3.57 Å². The van der Waals surface area contributed by atoms with Crippen LogP contribution in [0.15, 0.2) is 48.5 Å². The average molecular weight is 420 g/mol. The molecule has 0 saturated heterocycles. The largest absolute Gasteiger partial charge is 0.355 e. The van der Waals surface area contributed by atoms with Crippen molar-refractivity contribution < 1.29 is 9.59 Å². The lowest BCUT2D eigenvalue weighted by Gasteiger charge is -2.25. The lowest BCUT2D eigenvalue weighted by Crippen LogP contribution is -2.48. The molecule has 0 aliphatic carbocycles. The fourth-order valence-corrected chi connectivity index (χ4v) is 3.52. The second-order valence-corrected chi connectivity index (χ2v) is 6.56. The number of halogens is 1. The maximum atomic E-state index is 13.1. The molecule has 4 nitrogen and oxygen atoms in total. The molecule has 0 radical (unpaired) electrons. The number of nitrogens with one attached hydrogen (secondary N) is 1. The van der Waals surface area contributed by atoms with E-state index in [0.717, 1.165) is 14.8 Å². The Hall–Kier alpha value is -1.89. The summed E-state index contributed by atoms with van der Waals surface area (Å²) in [6, 6.07) is 14.7. The van der Waals surface area contributed by atoms with Gasteiger partial charge in [0.1, 0.15) is 6.04 Å². The van der Waals surface area contributed by atoms with Gasteiger partial charge < -0.3 is 5.32 Å². The van der Waals surface area contributed by atoms with Gasteiger partial charge in [-0.1, -0.05) is 30.3 Å². The first-order valence-electron chi connectivity index (χ1n) is 7.57. The van der Waals surface area contributed by atoms with Gasteiger partial charge in [-0.2, -0.15) is 0 Å². The number of amides is 2. The first kappa shape index (κ1) is 16.0. The first-order valence-corrected chi connectivity index (χ1v) is 8.65. The first-order chi connectivity index (χ1) is 11.1. The Morgan fingerprint density at radius 1 is 1.17 bits per heavy atom. The molecule has 0 spiro atoms. The van der Waals surface area contributed by atoms with Crippen molar-refractivity contribution in [2.45, 2.75) is 19.4 Å². The van der Waals surface area contributed by atoms with Crippen molar-refractivity contribution in [3.05, 3.63) is 63.2 Å². The molecule has 23 heavy (non-hydrogen) atoms. The standard InChI is InChI=1S/C18H17IN2O2/c1-2-20-17(22)16-11-12-7-3-6-10-15(12)21(16)18(23)13-8-4-5-9-14(13)19/h3-10,16H,2,11H2,1H3,(H,20,22). The number of para-hydroxylation sites is 1. The minimum atomic E-state index is -0.490. The van der Waals surface area contributed by atoms with Gasteiger partial charge in [0.25, 0.3) is 5.91 Å². The van der Waals surface area contributed by atoms with Gasteiger partial charge in [-0.25, -0.2) is 0 Å². The molecule has 0 saturated carbocycles. The Balaban J connectivity index is 2.03. The summed E-state index contributed by atoms with van der Waals surface area (Å²) < 4.78 is 0.883. The molecule has 0 fully saturated rings. The zero-order chi connectivity index (χ0) is 16.4. The molecule has 2 aromatic carbocycles. The van der Waals surface area contributed by atoms with Gasteiger partial charge in [-0.3, -0.25) is 14.5 Å². The van der Waals surface area contributed by atoms with Gasteiger partial charge >= 0.3 is 0 Å². The zero-order valence-corrected chi connectivity index (χ0v) is 14.9. The van der Waals surface area contributed by atoms with E-state index in [4.69, 9.17) is 0 Å². The maximum absolute atomic E-state index is 13.1. The second kappa shape index (κ2) is 6.70. The summed E-state index contributed by atoms with van der Waals surface area (Å²) in [6.07, 6.45) is 0.553. The smallest absolute Gasteiger partial charge is 0.260 e. The molecule has 2 amide bonds. The van der Waals surface area contributed by atoms with E-state index in [2.05, 4.69) is 27.9 Å². The summed E-state index contributed by atoms with van der Waals surface area (Å²) in [6.45, 7) is 2.43. The van der Waals surface area contributed by atoms with Crippen molar-refractivity contribution in [3.8, 4) is 0 Å². The molecule has 118 valence electrons. The van der Waals surface area contributed by atoms with Crippen molar-refractivity contribution in [3.63, 3.8) is 0 Å². The molecule has 2 aromatic rings. The third-order valence-corrected chi connectivity index (χ3v) is 4.89. The highest BCUT2D eigenvalue weighted by Crippen LogP contribution is 2.34. The van der Waals surface area contributed by atoms with Crippen LogP contribution in [-0.2, 0) is 11.2 Å². The van der Waals surface area contributed by atoms with E-state index in [1.54, 1.807) is 11.0 Å². The number of carbonyl (C=O) groups is 2. The molecule has 1 aliphatic heterocycles. The Bertz CT molecular complexity index is 760. The fraction of sp³-hybridized carbons (Fsp3) is 0.222. The lowest BCUT2D eigenvalue weighted by molar-refractivity contribution is -0.122. The number of anilines is 1. The van der Waals surface area contributed by atoms with Gasteiger partial charge in [0.15, 0.2) is 0 Å². The van der Waals surface area contributed by atoms with Crippen molar-refractivity contribution in [1.82, 2.24) is 5.32 Å². The SMILES string of the molecule is CCNC(=O)C1Cc2ccccc2N1C(=O)c1ccccc1I. The summed E-state index contributed by atoms with van der Waals surface area (Å²) in [5.74, 6) is -0.237. The van der Waals surface area contributed by atoms with E-state index in [9.17, 15) is 9.59 Å². The predicted molar refractivity (Wildman–Crippen MR) is 98.6 cm³/mol. The Kier molecular flexibility index (Phi) is 4.66. The molecule has 1 N–H and O–H groups in total. The van der Waals surface area contributed by atoms with E-state index >= 15 is 0 Å². The molecular weight excluding hydrogens is 403 g/mol. The summed E-state index contributed by atoms with van der Waals surface area (Å²) >= 11 is 2.15. The monoisotopic (exact) mass is 420 g/mol. The van der Waals surface area contributed by atoms with Crippen LogP contribution in [0.25, 0.3) is 0 Å². The molecule has 3 rings (SSSR count). The minimum absolute atomic E-state index is 0.108. The van der Waals surface area contributed by atoms with Crippen molar-refractivity contribution in [1.29, 1.82) is 0 Å². The fourth-order valence-electron chi connectivity index (χ4n) is 2.90. The Morgan fingerprint density at radius 3 is 2.61 bits per heavy atom. The van der Waals surface area contributed by atoms with Crippen LogP contribution in [0.5, 0.6) is 0 Å². The lowest BCUT2D eigenvalue weighted by atomic mass is 10.1. The predicted octanol–water partition coefficient (Wildman–Crippen LogP) is 3.00. The summed E-state index contributed by atoms with van der Waals surface area (Å²) in [5, 5.41) is 2.84. The van der Waals surface area contributed by atoms with Crippen molar-refractivity contribution in [2.24, 2.45) is 0 Å². The topological polar surface area (TPSA) is 49.4 Å². The average Bonchev–Trinajstić information content (AvgIpc) is 2.94. The van der Waals surface area contributed by atoms with E-state index in [1.807, 2.05) is 49.4 Å². The maximum Gasteiger partial charge on any atom is 0.260 e. The highest BCUT2D eigenvalue weighted by molar-refractivity contribution is 14.1. The molecule has 1 unspecified atom stereocenters. The molecule has 0 aromatic heterocycles. The number of hydrogen-bond acceptors (Lipinski definition) is 2. The minimum Gasteiger partial charge on any atom is -0.355 e. The van der Waals surface area contributed by atoms with E-state index in [-0.39, 0.29) is 11.8 Å². The molecule has 1 atom stereocenters. The number of fused-ring (bicyclic) bond motifs is 1. The molecule has 1 heterocycles. The zero-order valence-electron chi connectivity index (χ0n) is 12.8. The Labute approximate surface area is 149 Å². The van der Waals surface area contributed by atoms with E-state index in [0.29, 0.717) is 18.5 Å². The highest BCUT2D eigenvalue weighted by Gasteiger charge is 2.38. The summed E-state index contributed by atoms with van der Waals surface area (Å²) in [5.41, 5.74) is 2.48. The van der Waals surface area contributed by atoms with E-state index in [1.165, 1.54) is 0 Å². The highest BCUT2D eigenvalue weighted by atomic mass is 127. The van der Waals surface area contributed by atoms with Crippen LogP contribution < -0.4 is 10.2 Å². The van der Waals surface area contributed by atoms with Crippen LogP contribution in [0.4, 0.5) is 5.69 Å². The number of likely N-dealkylation sites (N-methyl/N-ethyl adjacent to an activating group) is 1. The van der Waals surface area contributed by atoms with Crippen LogP contribution >= 0.6 is 22.6 Å². The van der Waals surface area contributed by atoms with Crippen LogP contribution in [0.3, 0.4) is 0 Å². The molecular formula is C18H17IN2O2. The van der Waals surface area contributed by atoms with Gasteiger partial charge in [-0.05, 0) is 53.3 Å². The summed E-state index contributed by atoms with van der Waals surface area (Å²) in [7, 11) is 0. The Morgan fingerprint density at radius 2 is 1.87 bits per heavy atom. The van der Waals surface area contributed by atoms with Crippen LogP contribution in [0.2, 0.25) is 0 Å². The summed E-state index contributed by atoms with van der Waals surface area (Å²) in [4.78, 5) is 27.2. The number of carbonyl (C=O) groups excluding carboxylic acids is 2. The third kappa shape index (κ3) is 2.97. The number of benzene rings is 2. The normalized spacial score (nSPS) is 16.1. The molecule has 5 heteroatoms. The van der Waals surface area contributed by atoms with Gasteiger partial charge in [-0.15, -0.1) is 0 Å². The van der Waals surface area contributed by atoms with Crippen molar-refractivity contribution in [2.75, 3.05) is 11.4 Å². The van der Waals surface area contributed by atoms with Crippen LogP contribution in [0.1, 0.15) is 22.8 Å². The van der Waals surface area contributed by atoms with Gasteiger partial charge in [0.2, 0.25) is 5.91 Å². The molecule has 1 aliphatic rings. The second-order valence-electron chi connectivity index (χ2n) is 5.40. The van der Waals surface area contributed by atoms with Gasteiger partial charge in [0, 0.05) is 22.2 Å². The third-order valence-electron chi connectivity index (χ3n) is 3.95. The van der Waals surface area contributed by atoms with Gasteiger partial charge in [0.05, 0.1) is 5.56 Å². The van der Waals surface area contributed by atoms with E-state index < -0.39 is 6.04 Å². The van der Waals surface area contributed by atoms with Crippen molar-refractivity contribution >= 4 is 40.1 Å². The van der Waals surface area contributed by atoms with Crippen LogP contribution in [-0.4, -0.2) is 24.4 Å². The number of nitrogens with zero attached hydrogens (tertiary/aromatic N) is 1. The molecule has 0 bridgehead atoms. The number of hydrogen-bond donors (Lipinski definition) is 1. The quantitative estimate of drug-likeness (QED) is 0.777. The number of rotatable bonds is 3.